The van der Waals surface area contributed by atoms with Gasteiger partial charge in [0, 0.05) is 10.9 Å². The Bertz CT molecular complexity index is 561. The van der Waals surface area contributed by atoms with E-state index < -0.39 is 0 Å². The van der Waals surface area contributed by atoms with Gasteiger partial charge in [-0.25, -0.2) is 0 Å². The first kappa shape index (κ1) is 10.6. The minimum absolute atomic E-state index is 0.501. The van der Waals surface area contributed by atoms with Gasteiger partial charge >= 0.3 is 0 Å². The molecule has 0 aliphatic heterocycles. The maximum atomic E-state index is 5.70. The van der Waals surface area contributed by atoms with Crippen molar-refractivity contribution in [1.82, 2.24) is 0 Å². The van der Waals surface area contributed by atoms with Gasteiger partial charge in [0.1, 0.15) is 5.58 Å². The van der Waals surface area contributed by atoms with Crippen LogP contribution in [0, 0.1) is 6.92 Å². The zero-order valence-corrected chi connectivity index (χ0v) is 9.54. The van der Waals surface area contributed by atoms with E-state index in [0.717, 1.165) is 16.5 Å². The number of hydrogen-bond donors (Lipinski definition) is 0. The van der Waals surface area contributed by atoms with Crippen LogP contribution in [0.1, 0.15) is 18.2 Å². The Morgan fingerprint density at radius 3 is 2.56 bits per heavy atom. The first-order valence-electron chi connectivity index (χ1n) is 5.10. The topological polar surface area (TPSA) is 22.4 Å². The molecule has 16 heavy (non-hydrogen) atoms. The zero-order valence-electron chi connectivity index (χ0n) is 9.54. The molecule has 1 aromatic carbocycles. The van der Waals surface area contributed by atoms with Gasteiger partial charge in [0.05, 0.1) is 5.76 Å². The normalized spacial score (nSPS) is 10.4. The van der Waals surface area contributed by atoms with Crippen LogP contribution in [0.25, 0.3) is 16.7 Å². The standard InChI is InChI=1S/C14H14O2/c1-9(2)15-11(4)14-10(3)12-7-5-6-8-13(12)16-14/h5-8H,1,4H2,2-3H3. The highest BCUT2D eigenvalue weighted by molar-refractivity contribution is 5.85. The summed E-state index contributed by atoms with van der Waals surface area (Å²) in [6.07, 6.45) is 0. The van der Waals surface area contributed by atoms with Crippen molar-refractivity contribution in [3.63, 3.8) is 0 Å². The van der Waals surface area contributed by atoms with Crippen molar-refractivity contribution in [3.8, 4) is 0 Å². The summed E-state index contributed by atoms with van der Waals surface area (Å²) in [4.78, 5) is 0. The molecule has 0 aliphatic rings. The largest absolute Gasteiger partial charge is 0.459 e. The van der Waals surface area contributed by atoms with Crippen molar-refractivity contribution >= 4 is 16.7 Å². The fourth-order valence-electron chi connectivity index (χ4n) is 1.70. The second kappa shape index (κ2) is 3.89. The monoisotopic (exact) mass is 214 g/mol. The van der Waals surface area contributed by atoms with Crippen molar-refractivity contribution in [2.45, 2.75) is 13.8 Å². The Kier molecular flexibility index (Phi) is 2.57. The quantitative estimate of drug-likeness (QED) is 0.712. The number of benzene rings is 1. The number of hydrogen-bond acceptors (Lipinski definition) is 2. The van der Waals surface area contributed by atoms with Crippen molar-refractivity contribution in [2.24, 2.45) is 0 Å². The predicted molar refractivity (Wildman–Crippen MR) is 65.9 cm³/mol. The lowest BCUT2D eigenvalue weighted by atomic mass is 10.1. The molecule has 1 heterocycles. The number of rotatable bonds is 3. The summed E-state index contributed by atoms with van der Waals surface area (Å²) in [5.41, 5.74) is 1.89. The predicted octanol–water partition coefficient (Wildman–Crippen LogP) is 4.26. The number of allylic oxidation sites excluding steroid dienone is 1. The van der Waals surface area contributed by atoms with Gasteiger partial charge in [-0.15, -0.1) is 0 Å². The average Bonchev–Trinajstić information content (AvgIpc) is 2.56. The van der Waals surface area contributed by atoms with Gasteiger partial charge in [0.15, 0.2) is 11.5 Å². The maximum absolute atomic E-state index is 5.70. The zero-order chi connectivity index (χ0) is 11.7. The van der Waals surface area contributed by atoms with Gasteiger partial charge in [0.25, 0.3) is 0 Å². The van der Waals surface area contributed by atoms with Crippen LogP contribution in [-0.2, 0) is 4.74 Å². The van der Waals surface area contributed by atoms with Crippen molar-refractivity contribution in [2.75, 3.05) is 0 Å². The molecule has 0 saturated heterocycles. The lowest BCUT2D eigenvalue weighted by Gasteiger charge is -2.05. The lowest BCUT2D eigenvalue weighted by Crippen LogP contribution is -1.87. The van der Waals surface area contributed by atoms with Crippen LogP contribution in [0.15, 0.2) is 47.6 Å². The molecule has 0 saturated carbocycles. The summed E-state index contributed by atoms with van der Waals surface area (Å²) in [5, 5.41) is 1.09. The van der Waals surface area contributed by atoms with Crippen LogP contribution in [0.3, 0.4) is 0 Å². The molecule has 0 radical (unpaired) electrons. The molecule has 0 fully saturated rings. The van der Waals surface area contributed by atoms with Gasteiger partial charge in [-0.1, -0.05) is 31.4 Å². The summed E-state index contributed by atoms with van der Waals surface area (Å²) in [7, 11) is 0. The maximum Gasteiger partial charge on any atom is 0.172 e. The SMILES string of the molecule is C=C(C)OC(=C)c1oc2ccccc2c1C. The van der Waals surface area contributed by atoms with Crippen molar-refractivity contribution in [1.29, 1.82) is 0 Å². The molecule has 2 heteroatoms. The Hall–Kier alpha value is -1.96. The van der Waals surface area contributed by atoms with E-state index in [1.54, 1.807) is 6.92 Å². The summed E-state index contributed by atoms with van der Waals surface area (Å²) in [5.74, 6) is 1.79. The Balaban J connectivity index is 2.49. The van der Waals surface area contributed by atoms with E-state index in [9.17, 15) is 0 Å². The van der Waals surface area contributed by atoms with Crippen LogP contribution >= 0.6 is 0 Å². The lowest BCUT2D eigenvalue weighted by molar-refractivity contribution is 0.372. The molecule has 0 amide bonds. The van der Waals surface area contributed by atoms with E-state index >= 15 is 0 Å². The average molecular weight is 214 g/mol. The smallest absolute Gasteiger partial charge is 0.172 e. The fourth-order valence-corrected chi connectivity index (χ4v) is 1.70. The van der Waals surface area contributed by atoms with Crippen LogP contribution in [0.5, 0.6) is 0 Å². The van der Waals surface area contributed by atoms with E-state index in [1.165, 1.54) is 0 Å². The highest BCUT2D eigenvalue weighted by atomic mass is 16.5. The van der Waals surface area contributed by atoms with Gasteiger partial charge in [-0.2, -0.15) is 0 Å². The molecule has 2 nitrogen and oxygen atoms in total. The molecule has 0 atom stereocenters. The van der Waals surface area contributed by atoms with E-state index in [2.05, 4.69) is 13.2 Å². The summed E-state index contributed by atoms with van der Waals surface area (Å²) < 4.78 is 11.1. The minimum Gasteiger partial charge on any atom is -0.459 e. The third kappa shape index (κ3) is 1.74. The fraction of sp³-hybridized carbons (Fsp3) is 0.143. The Morgan fingerprint density at radius 1 is 1.25 bits per heavy atom. The second-order valence-corrected chi connectivity index (χ2v) is 3.78. The number of fused-ring (bicyclic) bond motifs is 1. The minimum atomic E-state index is 0.501. The molecule has 0 spiro atoms. The highest BCUT2D eigenvalue weighted by Gasteiger charge is 2.13. The summed E-state index contributed by atoms with van der Waals surface area (Å²) in [6, 6.07) is 7.88. The van der Waals surface area contributed by atoms with Crippen LogP contribution in [0.2, 0.25) is 0 Å². The van der Waals surface area contributed by atoms with Gasteiger partial charge in [0.2, 0.25) is 0 Å². The number of ether oxygens (including phenoxy) is 1. The van der Waals surface area contributed by atoms with E-state index in [4.69, 9.17) is 9.15 Å². The second-order valence-electron chi connectivity index (χ2n) is 3.78. The number of furan rings is 1. The Labute approximate surface area is 94.8 Å². The molecule has 0 N–H and O–H groups in total. The molecule has 2 rings (SSSR count). The molecule has 82 valence electrons. The summed E-state index contributed by atoms with van der Waals surface area (Å²) in [6.45, 7) is 11.3. The van der Waals surface area contributed by atoms with Gasteiger partial charge in [-0.3, -0.25) is 0 Å². The first-order valence-corrected chi connectivity index (χ1v) is 5.10. The van der Waals surface area contributed by atoms with Crippen molar-refractivity contribution in [3.05, 3.63) is 54.5 Å². The van der Waals surface area contributed by atoms with Gasteiger partial charge < -0.3 is 9.15 Å². The van der Waals surface area contributed by atoms with E-state index in [-0.39, 0.29) is 0 Å². The molecular formula is C14H14O2. The number of para-hydroxylation sites is 1. The van der Waals surface area contributed by atoms with Crippen LogP contribution < -0.4 is 0 Å². The van der Waals surface area contributed by atoms with E-state index in [0.29, 0.717) is 17.3 Å². The molecular weight excluding hydrogens is 200 g/mol. The van der Waals surface area contributed by atoms with Gasteiger partial charge in [-0.05, 0) is 19.9 Å². The molecule has 0 aliphatic carbocycles. The molecule has 0 bridgehead atoms. The van der Waals surface area contributed by atoms with Crippen molar-refractivity contribution < 1.29 is 9.15 Å². The molecule has 1 aromatic heterocycles. The highest BCUT2D eigenvalue weighted by Crippen LogP contribution is 2.30. The molecule has 2 aromatic rings. The third-order valence-electron chi connectivity index (χ3n) is 2.39. The van der Waals surface area contributed by atoms with E-state index in [1.807, 2.05) is 31.2 Å². The third-order valence-corrected chi connectivity index (χ3v) is 2.39. The summed E-state index contributed by atoms with van der Waals surface area (Å²) >= 11 is 0. The Morgan fingerprint density at radius 2 is 1.94 bits per heavy atom. The first-order chi connectivity index (χ1) is 7.59. The number of aryl methyl sites for hydroxylation is 1. The van der Waals surface area contributed by atoms with Crippen LogP contribution in [-0.4, -0.2) is 0 Å². The molecule has 0 unspecified atom stereocenters. The van der Waals surface area contributed by atoms with Crippen LogP contribution in [0.4, 0.5) is 0 Å².